The molecular formula is C24H17F3N2O2. The van der Waals surface area contributed by atoms with Crippen molar-refractivity contribution < 1.29 is 22.7 Å². The van der Waals surface area contributed by atoms with Crippen LogP contribution in [0.1, 0.15) is 18.4 Å². The fourth-order valence-corrected chi connectivity index (χ4v) is 4.27. The summed E-state index contributed by atoms with van der Waals surface area (Å²) < 4.78 is 47.8. The van der Waals surface area contributed by atoms with Crippen LogP contribution in [0.2, 0.25) is 0 Å². The van der Waals surface area contributed by atoms with Crippen molar-refractivity contribution in [1.82, 2.24) is 4.98 Å². The third-order valence-corrected chi connectivity index (χ3v) is 5.64. The normalized spacial score (nSPS) is 19.7. The second-order valence-electron chi connectivity index (χ2n) is 7.53. The van der Waals surface area contributed by atoms with E-state index in [1.165, 1.54) is 18.2 Å². The molecule has 1 amide bonds. The van der Waals surface area contributed by atoms with E-state index in [0.29, 0.717) is 11.6 Å². The second-order valence-corrected chi connectivity index (χ2v) is 7.53. The molecule has 0 radical (unpaired) electrons. The number of fused-ring (bicyclic) bond motifs is 2. The molecule has 2 aliphatic rings. The van der Waals surface area contributed by atoms with E-state index in [2.05, 4.69) is 10.3 Å². The summed E-state index contributed by atoms with van der Waals surface area (Å²) in [5.74, 6) is -2.69. The number of rotatable bonds is 4. The number of hydrogen-bond donors (Lipinski definition) is 1. The molecule has 2 aliphatic heterocycles. The van der Waals surface area contributed by atoms with Crippen molar-refractivity contribution in [3.8, 4) is 11.1 Å². The number of amides is 1. The standard InChI is InChI=1S/C24H17F3N2O2/c25-14-1-3-16(18(26)11-14)17-4-2-15(12-19(17)27)29-24(30)23-21-6-5-20(31-21)22(23)13-7-9-28-10-8-13/h1-4,7-12,20-21H,5-6H2,(H,29,30)/t20-,21+/m0/s1. The molecule has 0 unspecified atom stereocenters. The highest BCUT2D eigenvalue weighted by atomic mass is 19.1. The molecule has 0 saturated carbocycles. The Morgan fingerprint density at radius 3 is 2.29 bits per heavy atom. The lowest BCUT2D eigenvalue weighted by Crippen LogP contribution is -2.23. The summed E-state index contributed by atoms with van der Waals surface area (Å²) >= 11 is 0. The van der Waals surface area contributed by atoms with Gasteiger partial charge in [0.1, 0.15) is 17.5 Å². The summed E-state index contributed by atoms with van der Waals surface area (Å²) in [5, 5.41) is 2.73. The highest BCUT2D eigenvalue weighted by molar-refractivity contribution is 6.11. The van der Waals surface area contributed by atoms with Gasteiger partial charge in [0.2, 0.25) is 0 Å². The molecule has 4 nitrogen and oxygen atoms in total. The maximum Gasteiger partial charge on any atom is 0.254 e. The molecule has 1 saturated heterocycles. The highest BCUT2D eigenvalue weighted by Gasteiger charge is 2.43. The van der Waals surface area contributed by atoms with Crippen molar-refractivity contribution in [2.75, 3.05) is 5.32 Å². The Labute approximate surface area is 176 Å². The lowest BCUT2D eigenvalue weighted by molar-refractivity contribution is -0.113. The van der Waals surface area contributed by atoms with Gasteiger partial charge in [-0.15, -0.1) is 0 Å². The Kier molecular flexibility index (Phi) is 4.82. The van der Waals surface area contributed by atoms with E-state index in [4.69, 9.17) is 4.74 Å². The van der Waals surface area contributed by atoms with Crippen molar-refractivity contribution in [3.63, 3.8) is 0 Å². The highest BCUT2D eigenvalue weighted by Crippen LogP contribution is 2.44. The van der Waals surface area contributed by atoms with Crippen LogP contribution in [0, 0.1) is 17.5 Å². The molecule has 2 bridgehead atoms. The third-order valence-electron chi connectivity index (χ3n) is 5.64. The van der Waals surface area contributed by atoms with Crippen LogP contribution in [0.4, 0.5) is 18.9 Å². The Bertz CT molecular complexity index is 1210. The minimum atomic E-state index is -0.859. The number of nitrogens with zero attached hydrogens (tertiary/aromatic N) is 1. The minimum absolute atomic E-state index is 0.0181. The predicted molar refractivity (Wildman–Crippen MR) is 109 cm³/mol. The first kappa shape index (κ1) is 19.5. The molecule has 2 atom stereocenters. The van der Waals surface area contributed by atoms with Gasteiger partial charge in [0, 0.05) is 35.3 Å². The summed E-state index contributed by atoms with van der Waals surface area (Å²) in [4.78, 5) is 17.1. The van der Waals surface area contributed by atoms with E-state index < -0.39 is 17.5 Å². The largest absolute Gasteiger partial charge is 0.365 e. The van der Waals surface area contributed by atoms with Crippen molar-refractivity contribution in [1.29, 1.82) is 0 Å². The van der Waals surface area contributed by atoms with Crippen molar-refractivity contribution in [2.45, 2.75) is 25.0 Å². The van der Waals surface area contributed by atoms with Crippen molar-refractivity contribution in [3.05, 3.63) is 89.5 Å². The zero-order chi connectivity index (χ0) is 21.5. The van der Waals surface area contributed by atoms with Crippen LogP contribution in [-0.2, 0) is 9.53 Å². The zero-order valence-corrected chi connectivity index (χ0v) is 16.2. The molecule has 31 heavy (non-hydrogen) atoms. The summed E-state index contributed by atoms with van der Waals surface area (Å²) in [5.41, 5.74) is 2.41. The molecule has 3 aromatic rings. The number of carbonyl (C=O) groups is 1. The maximum absolute atomic E-state index is 14.7. The van der Waals surface area contributed by atoms with Gasteiger partial charge in [0.15, 0.2) is 0 Å². The van der Waals surface area contributed by atoms with Crippen molar-refractivity contribution in [2.24, 2.45) is 0 Å². The quantitative estimate of drug-likeness (QED) is 0.635. The smallest absolute Gasteiger partial charge is 0.254 e. The van der Waals surface area contributed by atoms with Gasteiger partial charge < -0.3 is 10.1 Å². The molecule has 2 aromatic carbocycles. The Balaban J connectivity index is 1.44. The van der Waals surface area contributed by atoms with E-state index in [-0.39, 0.29) is 34.9 Å². The number of nitrogens with one attached hydrogen (secondary N) is 1. The first-order chi connectivity index (χ1) is 15.0. The predicted octanol–water partition coefficient (Wildman–Crippen LogP) is 5.12. The number of aromatic nitrogens is 1. The van der Waals surface area contributed by atoms with E-state index >= 15 is 0 Å². The number of ether oxygens (including phenoxy) is 1. The van der Waals surface area contributed by atoms with Crippen LogP contribution < -0.4 is 5.32 Å². The second kappa shape index (κ2) is 7.67. The van der Waals surface area contributed by atoms with Crippen LogP contribution in [0.3, 0.4) is 0 Å². The molecule has 3 heterocycles. The minimum Gasteiger partial charge on any atom is -0.365 e. The summed E-state index contributed by atoms with van der Waals surface area (Å²) in [6, 6.07) is 10.6. The van der Waals surface area contributed by atoms with Gasteiger partial charge in [-0.1, -0.05) is 0 Å². The van der Waals surface area contributed by atoms with E-state index in [0.717, 1.165) is 36.1 Å². The third kappa shape index (κ3) is 3.51. The average Bonchev–Trinajstić information content (AvgIpc) is 3.37. The lowest BCUT2D eigenvalue weighted by Gasteiger charge is -2.17. The van der Waals surface area contributed by atoms with E-state index in [9.17, 15) is 18.0 Å². The Morgan fingerprint density at radius 1 is 0.903 bits per heavy atom. The number of carbonyl (C=O) groups excluding carboxylic acids is 1. The van der Waals surface area contributed by atoms with Gasteiger partial charge in [0.25, 0.3) is 5.91 Å². The van der Waals surface area contributed by atoms with Crippen LogP contribution in [0.15, 0.2) is 66.5 Å². The van der Waals surface area contributed by atoms with Gasteiger partial charge >= 0.3 is 0 Å². The molecule has 0 aliphatic carbocycles. The van der Waals surface area contributed by atoms with Crippen LogP contribution >= 0.6 is 0 Å². The van der Waals surface area contributed by atoms with Gasteiger partial charge in [-0.3, -0.25) is 9.78 Å². The number of hydrogen-bond acceptors (Lipinski definition) is 3. The van der Waals surface area contributed by atoms with Crippen LogP contribution in [-0.4, -0.2) is 23.1 Å². The SMILES string of the molecule is O=C(Nc1ccc(-c2ccc(F)cc2F)c(F)c1)C1=C(c2ccncc2)[C@@H]2CC[C@H]1O2. The molecule has 5 rings (SSSR count). The molecule has 1 fully saturated rings. The maximum atomic E-state index is 14.7. The summed E-state index contributed by atoms with van der Waals surface area (Å²) in [6.45, 7) is 0. The van der Waals surface area contributed by atoms with Gasteiger partial charge in [0.05, 0.1) is 17.8 Å². The van der Waals surface area contributed by atoms with E-state index in [1.54, 1.807) is 12.4 Å². The molecule has 1 N–H and O–H groups in total. The van der Waals surface area contributed by atoms with Gasteiger partial charge in [-0.25, -0.2) is 13.2 Å². The van der Waals surface area contributed by atoms with Crippen LogP contribution in [0.25, 0.3) is 16.7 Å². The summed E-state index contributed by atoms with van der Waals surface area (Å²) in [7, 11) is 0. The molecular weight excluding hydrogens is 405 g/mol. The number of halogens is 3. The topological polar surface area (TPSA) is 51.2 Å². The average molecular weight is 422 g/mol. The Morgan fingerprint density at radius 2 is 1.58 bits per heavy atom. The first-order valence-electron chi connectivity index (χ1n) is 9.87. The monoisotopic (exact) mass is 422 g/mol. The van der Waals surface area contributed by atoms with E-state index in [1.807, 2.05) is 12.1 Å². The van der Waals surface area contributed by atoms with Crippen molar-refractivity contribution >= 4 is 17.2 Å². The fourth-order valence-electron chi connectivity index (χ4n) is 4.27. The van der Waals surface area contributed by atoms with Crippen LogP contribution in [0.5, 0.6) is 0 Å². The number of pyridine rings is 1. The molecule has 0 spiro atoms. The fraction of sp³-hybridized carbons (Fsp3) is 0.167. The number of anilines is 1. The van der Waals surface area contributed by atoms with Gasteiger partial charge in [-0.05, 0) is 66.4 Å². The Hall–Kier alpha value is -3.45. The molecule has 156 valence electrons. The summed E-state index contributed by atoms with van der Waals surface area (Å²) in [6.07, 6.45) is 4.46. The lowest BCUT2D eigenvalue weighted by atomic mass is 9.87. The van der Waals surface area contributed by atoms with Gasteiger partial charge in [-0.2, -0.15) is 0 Å². The first-order valence-corrected chi connectivity index (χ1v) is 9.87. The molecule has 7 heteroatoms. The number of benzene rings is 2. The zero-order valence-electron chi connectivity index (χ0n) is 16.2. The molecule has 1 aromatic heterocycles.